The highest BCUT2D eigenvalue weighted by molar-refractivity contribution is 5.89. The summed E-state index contributed by atoms with van der Waals surface area (Å²) < 4.78 is 5.48. The fourth-order valence-corrected chi connectivity index (χ4v) is 3.48. The Balaban J connectivity index is 1.54. The van der Waals surface area contributed by atoms with Crippen molar-refractivity contribution in [1.82, 2.24) is 20.5 Å². The van der Waals surface area contributed by atoms with E-state index in [4.69, 9.17) is 4.74 Å². The molecule has 1 aliphatic carbocycles. The summed E-state index contributed by atoms with van der Waals surface area (Å²) in [5.74, 6) is 1.85. The van der Waals surface area contributed by atoms with Crippen molar-refractivity contribution in [2.75, 3.05) is 17.2 Å². The molecule has 27 heavy (non-hydrogen) atoms. The summed E-state index contributed by atoms with van der Waals surface area (Å²) in [5.41, 5.74) is 1.01. The molecule has 3 heterocycles. The zero-order chi connectivity index (χ0) is 18.6. The molecule has 4 rings (SSSR count). The molecule has 0 unspecified atom stereocenters. The van der Waals surface area contributed by atoms with Crippen LogP contribution in [-0.4, -0.2) is 39.8 Å². The van der Waals surface area contributed by atoms with Crippen LogP contribution >= 0.6 is 0 Å². The number of hydrogen-bond donors (Lipinski definition) is 4. The molecule has 0 spiro atoms. The van der Waals surface area contributed by atoms with Gasteiger partial charge in [0.25, 0.3) is 0 Å². The highest BCUT2D eigenvalue weighted by Crippen LogP contribution is 2.36. The smallest absolute Gasteiger partial charge is 0.407 e. The quantitative estimate of drug-likeness (QED) is 0.566. The summed E-state index contributed by atoms with van der Waals surface area (Å²) in [6.07, 6.45) is 2.81. The monoisotopic (exact) mass is 370 g/mol. The number of hydrogen-bond acceptors (Lipinski definition) is 6. The van der Waals surface area contributed by atoms with Crippen molar-refractivity contribution in [2.45, 2.75) is 44.1 Å². The Morgan fingerprint density at radius 1 is 1.07 bits per heavy atom. The van der Waals surface area contributed by atoms with Gasteiger partial charge in [0.2, 0.25) is 5.91 Å². The van der Waals surface area contributed by atoms with Gasteiger partial charge in [-0.15, -0.1) is 0 Å². The topological polar surface area (TPSA) is 121 Å². The van der Waals surface area contributed by atoms with Crippen LogP contribution in [-0.2, 0) is 9.53 Å². The van der Waals surface area contributed by atoms with Crippen LogP contribution in [0.5, 0.6) is 0 Å². The first-order chi connectivity index (χ1) is 13.2. The number of rotatable bonds is 0. The average Bonchev–Trinajstić information content (AvgIpc) is 3.28. The van der Waals surface area contributed by atoms with Crippen molar-refractivity contribution < 1.29 is 14.3 Å². The van der Waals surface area contributed by atoms with Crippen LogP contribution in [0.25, 0.3) is 0 Å². The molecule has 2 aromatic heterocycles. The lowest BCUT2D eigenvalue weighted by molar-refractivity contribution is -0.116. The van der Waals surface area contributed by atoms with Gasteiger partial charge < -0.3 is 20.7 Å². The van der Waals surface area contributed by atoms with Gasteiger partial charge in [-0.3, -0.25) is 9.89 Å². The van der Waals surface area contributed by atoms with Gasteiger partial charge in [0, 0.05) is 30.6 Å². The predicted octanol–water partition coefficient (Wildman–Crippen LogP) is 2.64. The van der Waals surface area contributed by atoms with E-state index in [-0.39, 0.29) is 24.3 Å². The Morgan fingerprint density at radius 2 is 1.93 bits per heavy atom. The molecule has 2 atom stereocenters. The molecule has 4 N–H and O–H groups in total. The zero-order valence-corrected chi connectivity index (χ0v) is 14.8. The maximum absolute atomic E-state index is 12.0. The van der Waals surface area contributed by atoms with Crippen LogP contribution in [0.2, 0.25) is 0 Å². The van der Waals surface area contributed by atoms with Gasteiger partial charge in [-0.1, -0.05) is 6.07 Å². The third-order valence-corrected chi connectivity index (χ3v) is 4.82. The van der Waals surface area contributed by atoms with Gasteiger partial charge in [-0.05, 0) is 37.8 Å². The van der Waals surface area contributed by atoms with Crippen molar-refractivity contribution >= 4 is 29.5 Å². The van der Waals surface area contributed by atoms with E-state index in [9.17, 15) is 9.59 Å². The molecule has 1 aliphatic heterocycles. The number of aromatic amines is 1. The molecule has 2 amide bonds. The summed E-state index contributed by atoms with van der Waals surface area (Å²) in [5, 5.41) is 16.0. The standard InChI is InChI=1S/C18H22N6O3/c25-17-5-2-8-19-18(26)27-12-7-6-11(9-12)13-10-16(24-23-13)21-14-3-1-4-15(20-14)22-17/h1,3-4,10-12H,2,5-9H2,(H,19,26)(H3,20,21,22,23,24,25)/t11-,12+/m0/s1. The van der Waals surface area contributed by atoms with E-state index >= 15 is 0 Å². The number of nitrogens with one attached hydrogen (secondary N) is 4. The number of H-pyrrole nitrogens is 1. The number of ether oxygens (including phenoxy) is 1. The number of nitrogens with zero attached hydrogens (tertiary/aromatic N) is 2. The maximum atomic E-state index is 12.0. The average molecular weight is 370 g/mol. The molecule has 0 saturated heterocycles. The van der Waals surface area contributed by atoms with Crippen molar-refractivity contribution in [1.29, 1.82) is 0 Å². The summed E-state index contributed by atoms with van der Waals surface area (Å²) in [6.45, 7) is 0.390. The molecule has 0 radical (unpaired) electrons. The third kappa shape index (κ3) is 4.36. The number of aromatic nitrogens is 3. The summed E-state index contributed by atoms with van der Waals surface area (Å²) in [4.78, 5) is 28.3. The van der Waals surface area contributed by atoms with E-state index in [1.807, 2.05) is 18.2 Å². The summed E-state index contributed by atoms with van der Waals surface area (Å²) in [6, 6.07) is 7.31. The van der Waals surface area contributed by atoms with E-state index in [2.05, 4.69) is 31.1 Å². The Kier molecular flexibility index (Phi) is 4.91. The van der Waals surface area contributed by atoms with Gasteiger partial charge in [0.15, 0.2) is 5.82 Å². The van der Waals surface area contributed by atoms with Crippen LogP contribution < -0.4 is 16.0 Å². The number of carbonyl (C=O) groups is 2. The first kappa shape index (κ1) is 17.3. The number of pyridine rings is 1. The molecule has 2 aliphatic rings. The second-order valence-electron chi connectivity index (χ2n) is 6.86. The van der Waals surface area contributed by atoms with E-state index in [1.54, 1.807) is 6.07 Å². The lowest BCUT2D eigenvalue weighted by atomic mass is 10.0. The van der Waals surface area contributed by atoms with Crippen molar-refractivity contribution in [2.24, 2.45) is 0 Å². The normalized spacial score (nSPS) is 23.3. The second-order valence-corrected chi connectivity index (χ2v) is 6.86. The first-order valence-electron chi connectivity index (χ1n) is 9.19. The highest BCUT2D eigenvalue weighted by atomic mass is 16.6. The molecule has 1 fully saturated rings. The lowest BCUT2D eigenvalue weighted by Gasteiger charge is -2.13. The highest BCUT2D eigenvalue weighted by Gasteiger charge is 2.30. The van der Waals surface area contributed by atoms with E-state index < -0.39 is 6.09 Å². The largest absolute Gasteiger partial charge is 0.446 e. The van der Waals surface area contributed by atoms with Crippen LogP contribution in [0.15, 0.2) is 24.3 Å². The maximum Gasteiger partial charge on any atom is 0.407 e. The molecule has 0 aromatic carbocycles. The SMILES string of the molecule is O=C1CCCNC(=O)O[C@@H]2CC[C@@H](C2)c2cc(n[nH]2)Nc2cccc(n2)N1. The Hall–Kier alpha value is -3.10. The molecule has 2 aromatic rings. The molecule has 6 bridgehead atoms. The third-order valence-electron chi connectivity index (χ3n) is 4.82. The summed E-state index contributed by atoms with van der Waals surface area (Å²) in [7, 11) is 0. The fourth-order valence-electron chi connectivity index (χ4n) is 3.48. The minimum Gasteiger partial charge on any atom is -0.446 e. The Morgan fingerprint density at radius 3 is 2.81 bits per heavy atom. The van der Waals surface area contributed by atoms with Crippen molar-refractivity contribution in [3.63, 3.8) is 0 Å². The molecular weight excluding hydrogens is 348 g/mol. The lowest BCUT2D eigenvalue weighted by Crippen LogP contribution is -2.29. The number of anilines is 3. The van der Waals surface area contributed by atoms with Crippen LogP contribution in [0.1, 0.15) is 43.7 Å². The van der Waals surface area contributed by atoms with Crippen molar-refractivity contribution in [3.8, 4) is 0 Å². The molecule has 1 saturated carbocycles. The van der Waals surface area contributed by atoms with Gasteiger partial charge in [0.1, 0.15) is 17.7 Å². The van der Waals surface area contributed by atoms with Gasteiger partial charge in [-0.25, -0.2) is 9.78 Å². The predicted molar refractivity (Wildman–Crippen MR) is 98.8 cm³/mol. The minimum absolute atomic E-state index is 0.102. The van der Waals surface area contributed by atoms with Crippen molar-refractivity contribution in [3.05, 3.63) is 30.0 Å². The Bertz CT molecular complexity index is 836. The molecule has 142 valence electrons. The minimum atomic E-state index is -0.427. The molecule has 9 nitrogen and oxygen atoms in total. The number of alkyl carbamates (subject to hydrolysis) is 1. The zero-order valence-electron chi connectivity index (χ0n) is 14.8. The van der Waals surface area contributed by atoms with Crippen LogP contribution in [0.4, 0.5) is 22.2 Å². The fraction of sp³-hybridized carbons (Fsp3) is 0.444. The first-order valence-corrected chi connectivity index (χ1v) is 9.19. The van der Waals surface area contributed by atoms with Crippen LogP contribution in [0, 0.1) is 0 Å². The number of fused-ring (bicyclic) bond motifs is 7. The van der Waals surface area contributed by atoms with Gasteiger partial charge in [-0.2, -0.15) is 5.10 Å². The number of carbonyl (C=O) groups excluding carboxylic acids is 2. The molecular formula is C18H22N6O3. The summed E-state index contributed by atoms with van der Waals surface area (Å²) >= 11 is 0. The second kappa shape index (κ2) is 7.65. The van der Waals surface area contributed by atoms with E-state index in [1.165, 1.54) is 0 Å². The van der Waals surface area contributed by atoms with E-state index in [0.717, 1.165) is 25.0 Å². The van der Waals surface area contributed by atoms with Crippen LogP contribution in [0.3, 0.4) is 0 Å². The van der Waals surface area contributed by atoms with E-state index in [0.29, 0.717) is 30.4 Å². The van der Waals surface area contributed by atoms with Gasteiger partial charge in [0.05, 0.1) is 0 Å². The Labute approximate surface area is 156 Å². The molecule has 9 heteroatoms. The number of amides is 2. The van der Waals surface area contributed by atoms with Gasteiger partial charge >= 0.3 is 6.09 Å².